The SMILES string of the molecule is CCNc1ccc(-c2noc(CC)n2)cc1. The topological polar surface area (TPSA) is 51.0 Å². The number of aromatic nitrogens is 2. The van der Waals surface area contributed by atoms with Crippen LogP contribution in [-0.4, -0.2) is 16.7 Å². The summed E-state index contributed by atoms with van der Waals surface area (Å²) in [6.45, 7) is 4.98. The molecular weight excluding hydrogens is 202 g/mol. The highest BCUT2D eigenvalue weighted by atomic mass is 16.5. The molecule has 0 fully saturated rings. The summed E-state index contributed by atoms with van der Waals surface area (Å²) in [7, 11) is 0. The van der Waals surface area contributed by atoms with Crippen molar-refractivity contribution in [2.75, 3.05) is 11.9 Å². The molecule has 0 aliphatic rings. The molecule has 1 heterocycles. The normalized spacial score (nSPS) is 10.4. The fraction of sp³-hybridized carbons (Fsp3) is 0.333. The fourth-order valence-electron chi connectivity index (χ4n) is 1.46. The van der Waals surface area contributed by atoms with Crippen molar-refractivity contribution in [3.05, 3.63) is 30.2 Å². The molecule has 0 spiro atoms. The molecule has 2 rings (SSSR count). The molecular formula is C12H15N3O. The maximum Gasteiger partial charge on any atom is 0.226 e. The van der Waals surface area contributed by atoms with Gasteiger partial charge < -0.3 is 9.84 Å². The summed E-state index contributed by atoms with van der Waals surface area (Å²) in [6.07, 6.45) is 0.766. The van der Waals surface area contributed by atoms with Crippen molar-refractivity contribution in [1.29, 1.82) is 0 Å². The van der Waals surface area contributed by atoms with Crippen LogP contribution >= 0.6 is 0 Å². The highest BCUT2D eigenvalue weighted by Gasteiger charge is 2.06. The van der Waals surface area contributed by atoms with Crippen LogP contribution in [0.15, 0.2) is 28.8 Å². The van der Waals surface area contributed by atoms with E-state index in [1.54, 1.807) is 0 Å². The van der Waals surface area contributed by atoms with E-state index in [-0.39, 0.29) is 0 Å². The first kappa shape index (κ1) is 10.7. The molecule has 0 aliphatic heterocycles. The van der Waals surface area contributed by atoms with Crippen molar-refractivity contribution in [1.82, 2.24) is 10.1 Å². The lowest BCUT2D eigenvalue weighted by Crippen LogP contribution is -1.95. The molecule has 0 aliphatic carbocycles. The number of hydrogen-bond donors (Lipinski definition) is 1. The Morgan fingerprint density at radius 1 is 1.19 bits per heavy atom. The average Bonchev–Trinajstić information content (AvgIpc) is 2.79. The Hall–Kier alpha value is -1.84. The van der Waals surface area contributed by atoms with Crippen molar-refractivity contribution in [3.8, 4) is 11.4 Å². The smallest absolute Gasteiger partial charge is 0.226 e. The van der Waals surface area contributed by atoms with Gasteiger partial charge in [-0.05, 0) is 31.2 Å². The zero-order chi connectivity index (χ0) is 11.4. The van der Waals surface area contributed by atoms with E-state index < -0.39 is 0 Å². The first-order valence-electron chi connectivity index (χ1n) is 5.50. The average molecular weight is 217 g/mol. The zero-order valence-electron chi connectivity index (χ0n) is 9.53. The number of rotatable bonds is 4. The number of aryl methyl sites for hydroxylation is 1. The molecule has 0 radical (unpaired) electrons. The second-order valence-electron chi connectivity index (χ2n) is 3.47. The molecule has 4 nitrogen and oxygen atoms in total. The van der Waals surface area contributed by atoms with Crippen LogP contribution in [0.1, 0.15) is 19.7 Å². The molecule has 1 N–H and O–H groups in total. The van der Waals surface area contributed by atoms with Crippen LogP contribution in [0.3, 0.4) is 0 Å². The summed E-state index contributed by atoms with van der Waals surface area (Å²) in [5.74, 6) is 1.32. The highest BCUT2D eigenvalue weighted by Crippen LogP contribution is 2.18. The van der Waals surface area contributed by atoms with Crippen molar-refractivity contribution in [3.63, 3.8) is 0 Å². The molecule has 2 aromatic rings. The van der Waals surface area contributed by atoms with E-state index in [0.29, 0.717) is 11.7 Å². The van der Waals surface area contributed by atoms with Gasteiger partial charge in [0.2, 0.25) is 11.7 Å². The Labute approximate surface area is 94.7 Å². The minimum absolute atomic E-state index is 0.653. The number of nitrogens with one attached hydrogen (secondary N) is 1. The summed E-state index contributed by atoms with van der Waals surface area (Å²) in [6, 6.07) is 8.01. The molecule has 1 aromatic heterocycles. The third kappa shape index (κ3) is 2.21. The Balaban J connectivity index is 2.20. The van der Waals surface area contributed by atoms with Gasteiger partial charge in [-0.3, -0.25) is 0 Å². The standard InChI is InChI=1S/C12H15N3O/c1-3-11-14-12(15-16-11)9-5-7-10(8-6-9)13-4-2/h5-8,13H,3-4H2,1-2H3. The Kier molecular flexibility index (Phi) is 3.19. The second-order valence-corrected chi connectivity index (χ2v) is 3.47. The minimum atomic E-state index is 0.653. The Morgan fingerprint density at radius 3 is 2.50 bits per heavy atom. The van der Waals surface area contributed by atoms with Crippen LogP contribution in [0.25, 0.3) is 11.4 Å². The number of benzene rings is 1. The van der Waals surface area contributed by atoms with E-state index in [0.717, 1.165) is 24.2 Å². The first-order chi connectivity index (χ1) is 7.83. The van der Waals surface area contributed by atoms with E-state index in [1.165, 1.54) is 0 Å². The lowest BCUT2D eigenvalue weighted by Gasteiger charge is -2.02. The molecule has 0 saturated carbocycles. The van der Waals surface area contributed by atoms with Gasteiger partial charge in [0.15, 0.2) is 0 Å². The van der Waals surface area contributed by atoms with Gasteiger partial charge in [0.25, 0.3) is 0 Å². The van der Waals surface area contributed by atoms with Crippen LogP contribution in [0.4, 0.5) is 5.69 Å². The molecule has 0 bridgehead atoms. The molecule has 0 unspecified atom stereocenters. The fourth-order valence-corrected chi connectivity index (χ4v) is 1.46. The summed E-state index contributed by atoms with van der Waals surface area (Å²) in [5, 5.41) is 7.16. The Morgan fingerprint density at radius 2 is 1.94 bits per heavy atom. The molecule has 0 atom stereocenters. The molecule has 0 amide bonds. The van der Waals surface area contributed by atoms with Gasteiger partial charge in [0, 0.05) is 24.2 Å². The lowest BCUT2D eigenvalue weighted by atomic mass is 10.2. The number of anilines is 1. The van der Waals surface area contributed by atoms with Crippen LogP contribution in [0.2, 0.25) is 0 Å². The number of nitrogens with zero attached hydrogens (tertiary/aromatic N) is 2. The molecule has 0 saturated heterocycles. The van der Waals surface area contributed by atoms with Gasteiger partial charge in [0.05, 0.1) is 0 Å². The van der Waals surface area contributed by atoms with Crippen molar-refractivity contribution in [2.45, 2.75) is 20.3 Å². The van der Waals surface area contributed by atoms with Crippen LogP contribution < -0.4 is 5.32 Å². The van der Waals surface area contributed by atoms with Crippen LogP contribution in [0, 0.1) is 0 Å². The third-order valence-corrected chi connectivity index (χ3v) is 2.29. The van der Waals surface area contributed by atoms with Crippen molar-refractivity contribution < 1.29 is 4.52 Å². The zero-order valence-corrected chi connectivity index (χ0v) is 9.53. The van der Waals surface area contributed by atoms with E-state index >= 15 is 0 Å². The monoisotopic (exact) mass is 217 g/mol. The van der Waals surface area contributed by atoms with Crippen molar-refractivity contribution >= 4 is 5.69 Å². The quantitative estimate of drug-likeness (QED) is 0.855. The van der Waals surface area contributed by atoms with Gasteiger partial charge >= 0.3 is 0 Å². The maximum atomic E-state index is 5.07. The predicted octanol–water partition coefficient (Wildman–Crippen LogP) is 2.73. The predicted molar refractivity (Wildman–Crippen MR) is 63.3 cm³/mol. The van der Waals surface area contributed by atoms with Gasteiger partial charge in [-0.2, -0.15) is 4.98 Å². The summed E-state index contributed by atoms with van der Waals surface area (Å²) < 4.78 is 5.07. The molecule has 16 heavy (non-hydrogen) atoms. The van der Waals surface area contributed by atoms with E-state index in [2.05, 4.69) is 22.4 Å². The van der Waals surface area contributed by atoms with Crippen molar-refractivity contribution in [2.24, 2.45) is 0 Å². The molecule has 1 aromatic carbocycles. The van der Waals surface area contributed by atoms with Crippen LogP contribution in [0.5, 0.6) is 0 Å². The third-order valence-electron chi connectivity index (χ3n) is 2.29. The van der Waals surface area contributed by atoms with Gasteiger partial charge in [-0.25, -0.2) is 0 Å². The van der Waals surface area contributed by atoms with Gasteiger partial charge in [-0.1, -0.05) is 12.1 Å². The van der Waals surface area contributed by atoms with Gasteiger partial charge in [-0.15, -0.1) is 0 Å². The largest absolute Gasteiger partial charge is 0.385 e. The Bertz CT molecular complexity index is 448. The maximum absolute atomic E-state index is 5.07. The van der Waals surface area contributed by atoms with E-state index in [9.17, 15) is 0 Å². The minimum Gasteiger partial charge on any atom is -0.385 e. The highest BCUT2D eigenvalue weighted by molar-refractivity contribution is 5.59. The summed E-state index contributed by atoms with van der Waals surface area (Å²) in [4.78, 5) is 4.28. The second kappa shape index (κ2) is 4.79. The summed E-state index contributed by atoms with van der Waals surface area (Å²) >= 11 is 0. The van der Waals surface area contributed by atoms with E-state index in [4.69, 9.17) is 4.52 Å². The summed E-state index contributed by atoms with van der Waals surface area (Å²) in [5.41, 5.74) is 2.08. The first-order valence-corrected chi connectivity index (χ1v) is 5.50. The van der Waals surface area contributed by atoms with Crippen LogP contribution in [-0.2, 0) is 6.42 Å². The molecule has 84 valence electrons. The number of hydrogen-bond acceptors (Lipinski definition) is 4. The molecule has 4 heteroatoms. The lowest BCUT2D eigenvalue weighted by molar-refractivity contribution is 0.383. The van der Waals surface area contributed by atoms with E-state index in [1.807, 2.05) is 31.2 Å². The van der Waals surface area contributed by atoms with Gasteiger partial charge in [0.1, 0.15) is 0 Å².